The lowest BCUT2D eigenvalue weighted by molar-refractivity contribution is 0.0970. The van der Waals surface area contributed by atoms with Gasteiger partial charge in [-0.05, 0) is 31.1 Å². The minimum absolute atomic E-state index is 0.0278. The highest BCUT2D eigenvalue weighted by Gasteiger charge is 2.37. The number of nitrogens with zero attached hydrogens (tertiary/aromatic N) is 1. The lowest BCUT2D eigenvalue weighted by Crippen LogP contribution is -2.26. The van der Waals surface area contributed by atoms with E-state index in [1.54, 1.807) is 0 Å². The average molecular weight is 268 g/mol. The third-order valence-corrected chi connectivity index (χ3v) is 4.29. The molecular weight excluding hydrogens is 252 g/mol. The molecule has 1 saturated heterocycles. The maximum absolute atomic E-state index is 12.2. The highest BCUT2D eigenvalue weighted by atomic mass is 79.9. The molecule has 3 unspecified atom stereocenters. The highest BCUT2D eigenvalue weighted by molar-refractivity contribution is 9.09. The van der Waals surface area contributed by atoms with E-state index in [2.05, 4.69) is 15.9 Å². The second-order valence-corrected chi connectivity index (χ2v) is 5.84. The molecule has 0 bridgehead atoms. The van der Waals surface area contributed by atoms with Gasteiger partial charge in [0.1, 0.15) is 0 Å². The van der Waals surface area contributed by atoms with Crippen LogP contribution in [0.2, 0.25) is 0 Å². The van der Waals surface area contributed by atoms with Gasteiger partial charge in [0.25, 0.3) is 6.43 Å². The molecule has 4 heteroatoms. The number of rotatable bonds is 2. The number of hydrogen-bond acceptors (Lipinski definition) is 1. The van der Waals surface area contributed by atoms with Crippen LogP contribution in [0.4, 0.5) is 8.78 Å². The quantitative estimate of drug-likeness (QED) is 0.696. The molecule has 1 nitrogen and oxygen atoms in total. The second-order valence-electron chi connectivity index (χ2n) is 4.54. The molecule has 1 heterocycles. The zero-order chi connectivity index (χ0) is 10.1. The maximum Gasteiger partial charge on any atom is 0.251 e. The van der Waals surface area contributed by atoms with Gasteiger partial charge in [-0.15, -0.1) is 0 Å². The zero-order valence-electron chi connectivity index (χ0n) is 8.13. The molecule has 0 radical (unpaired) electrons. The van der Waals surface area contributed by atoms with Gasteiger partial charge in [-0.2, -0.15) is 0 Å². The van der Waals surface area contributed by atoms with Crippen LogP contribution in [0.25, 0.3) is 0 Å². The van der Waals surface area contributed by atoms with E-state index in [4.69, 9.17) is 0 Å². The van der Waals surface area contributed by atoms with E-state index < -0.39 is 6.43 Å². The standard InChI is InChI=1S/C10H16BrF2N/c11-9-2-1-7-4-14(6-10(12)13)5-8(7)3-9/h7-10H,1-6H2. The van der Waals surface area contributed by atoms with Gasteiger partial charge >= 0.3 is 0 Å². The third kappa shape index (κ3) is 2.45. The molecule has 0 aromatic carbocycles. The van der Waals surface area contributed by atoms with Crippen LogP contribution >= 0.6 is 15.9 Å². The third-order valence-electron chi connectivity index (χ3n) is 3.46. The van der Waals surface area contributed by atoms with Gasteiger partial charge in [-0.1, -0.05) is 15.9 Å². The normalized spacial score (nSPS) is 39.0. The molecule has 2 rings (SSSR count). The predicted molar refractivity (Wildman–Crippen MR) is 56.0 cm³/mol. The summed E-state index contributed by atoms with van der Waals surface area (Å²) in [6.07, 6.45) is 1.42. The van der Waals surface area contributed by atoms with Crippen molar-refractivity contribution < 1.29 is 8.78 Å². The van der Waals surface area contributed by atoms with Crippen LogP contribution in [-0.4, -0.2) is 35.8 Å². The first-order chi connectivity index (χ1) is 6.65. The molecule has 0 spiro atoms. The Bertz CT molecular complexity index is 201. The second kappa shape index (κ2) is 4.44. The Morgan fingerprint density at radius 1 is 1.21 bits per heavy atom. The summed E-state index contributed by atoms with van der Waals surface area (Å²) >= 11 is 3.63. The van der Waals surface area contributed by atoms with E-state index in [0.717, 1.165) is 13.1 Å². The van der Waals surface area contributed by atoms with E-state index in [1.165, 1.54) is 19.3 Å². The minimum atomic E-state index is -2.17. The van der Waals surface area contributed by atoms with Crippen molar-refractivity contribution in [2.75, 3.05) is 19.6 Å². The average Bonchev–Trinajstić information content (AvgIpc) is 2.44. The Morgan fingerprint density at radius 3 is 2.64 bits per heavy atom. The summed E-state index contributed by atoms with van der Waals surface area (Å²) in [6, 6.07) is 0. The molecule has 0 N–H and O–H groups in total. The lowest BCUT2D eigenvalue weighted by Gasteiger charge is -2.27. The lowest BCUT2D eigenvalue weighted by atomic mass is 9.82. The van der Waals surface area contributed by atoms with E-state index >= 15 is 0 Å². The van der Waals surface area contributed by atoms with Crippen molar-refractivity contribution in [3.8, 4) is 0 Å². The molecule has 0 aromatic rings. The van der Waals surface area contributed by atoms with Gasteiger partial charge in [0.15, 0.2) is 0 Å². The molecule has 0 aromatic heterocycles. The monoisotopic (exact) mass is 267 g/mol. The number of halogens is 3. The molecule has 0 amide bonds. The van der Waals surface area contributed by atoms with E-state index in [1.807, 2.05) is 4.90 Å². The van der Waals surface area contributed by atoms with Crippen LogP contribution in [0, 0.1) is 11.8 Å². The Hall–Kier alpha value is 0.300. The molecular formula is C10H16BrF2N. The summed E-state index contributed by atoms with van der Waals surface area (Å²) in [5.74, 6) is 1.34. The van der Waals surface area contributed by atoms with E-state index in [-0.39, 0.29) is 6.54 Å². The Kier molecular flexibility index (Phi) is 3.42. The largest absolute Gasteiger partial charge is 0.297 e. The minimum Gasteiger partial charge on any atom is -0.297 e. The Morgan fingerprint density at radius 2 is 1.93 bits per heavy atom. The Labute approximate surface area is 92.0 Å². The van der Waals surface area contributed by atoms with Crippen molar-refractivity contribution in [1.82, 2.24) is 4.90 Å². The van der Waals surface area contributed by atoms with Crippen molar-refractivity contribution in [2.45, 2.75) is 30.5 Å². The molecule has 2 aliphatic rings. The van der Waals surface area contributed by atoms with Crippen LogP contribution in [-0.2, 0) is 0 Å². The first-order valence-corrected chi connectivity index (χ1v) is 6.21. The van der Waals surface area contributed by atoms with Crippen LogP contribution in [0.3, 0.4) is 0 Å². The highest BCUT2D eigenvalue weighted by Crippen LogP contribution is 2.38. The molecule has 1 aliphatic carbocycles. The van der Waals surface area contributed by atoms with Gasteiger partial charge in [-0.25, -0.2) is 8.78 Å². The van der Waals surface area contributed by atoms with Gasteiger partial charge in [0.05, 0.1) is 6.54 Å². The summed E-state index contributed by atoms with van der Waals surface area (Å²) in [5.41, 5.74) is 0. The summed E-state index contributed by atoms with van der Waals surface area (Å²) in [6.45, 7) is 1.76. The summed E-state index contributed by atoms with van der Waals surface area (Å²) < 4.78 is 24.4. The Balaban J connectivity index is 1.86. The number of alkyl halides is 3. The van der Waals surface area contributed by atoms with Crippen molar-refractivity contribution >= 4 is 15.9 Å². The van der Waals surface area contributed by atoms with Crippen LogP contribution in [0.5, 0.6) is 0 Å². The number of fused-ring (bicyclic) bond motifs is 1. The number of likely N-dealkylation sites (tertiary alicyclic amines) is 1. The summed E-state index contributed by atoms with van der Waals surface area (Å²) in [7, 11) is 0. The first kappa shape index (κ1) is 10.8. The van der Waals surface area contributed by atoms with Crippen LogP contribution < -0.4 is 0 Å². The van der Waals surface area contributed by atoms with Crippen molar-refractivity contribution in [1.29, 1.82) is 0 Å². The van der Waals surface area contributed by atoms with Gasteiger partial charge in [0.2, 0.25) is 0 Å². The SMILES string of the molecule is FC(F)CN1CC2CCC(Br)CC2C1. The molecule has 1 saturated carbocycles. The van der Waals surface area contributed by atoms with E-state index in [0.29, 0.717) is 16.7 Å². The molecule has 1 aliphatic heterocycles. The maximum atomic E-state index is 12.2. The zero-order valence-corrected chi connectivity index (χ0v) is 9.72. The summed E-state index contributed by atoms with van der Waals surface area (Å²) in [5, 5.41) is 0. The van der Waals surface area contributed by atoms with Crippen LogP contribution in [0.15, 0.2) is 0 Å². The smallest absolute Gasteiger partial charge is 0.251 e. The van der Waals surface area contributed by atoms with Gasteiger partial charge < -0.3 is 0 Å². The van der Waals surface area contributed by atoms with Crippen molar-refractivity contribution in [3.05, 3.63) is 0 Å². The predicted octanol–water partition coefficient (Wildman–Crippen LogP) is 2.75. The van der Waals surface area contributed by atoms with Crippen molar-refractivity contribution in [3.63, 3.8) is 0 Å². The number of hydrogen-bond donors (Lipinski definition) is 0. The first-order valence-electron chi connectivity index (χ1n) is 5.29. The topological polar surface area (TPSA) is 3.24 Å². The fourth-order valence-electron chi connectivity index (χ4n) is 2.82. The van der Waals surface area contributed by atoms with E-state index in [9.17, 15) is 8.78 Å². The fraction of sp³-hybridized carbons (Fsp3) is 1.00. The molecule has 2 fully saturated rings. The van der Waals surface area contributed by atoms with Crippen LogP contribution in [0.1, 0.15) is 19.3 Å². The summed E-state index contributed by atoms with van der Waals surface area (Å²) in [4.78, 5) is 2.56. The van der Waals surface area contributed by atoms with Gasteiger partial charge in [-0.3, -0.25) is 4.90 Å². The van der Waals surface area contributed by atoms with Crippen molar-refractivity contribution in [2.24, 2.45) is 11.8 Å². The molecule has 14 heavy (non-hydrogen) atoms. The molecule has 3 atom stereocenters. The van der Waals surface area contributed by atoms with Gasteiger partial charge in [0, 0.05) is 17.9 Å². The fourth-order valence-corrected chi connectivity index (χ4v) is 3.56. The molecule has 82 valence electrons.